The van der Waals surface area contributed by atoms with Crippen molar-refractivity contribution in [2.75, 3.05) is 0 Å². The molecular weight excluding hydrogens is 382 g/mol. The Morgan fingerprint density at radius 1 is 0.900 bits per heavy atom. The summed E-state index contributed by atoms with van der Waals surface area (Å²) in [5.74, 6) is 0.152. The summed E-state index contributed by atoms with van der Waals surface area (Å²) in [6.45, 7) is 3.92. The number of nitrogens with zero attached hydrogens (tertiary/aromatic N) is 1. The molecule has 7 nitrogen and oxygen atoms in total. The van der Waals surface area contributed by atoms with Gasteiger partial charge in [-0.05, 0) is 42.5 Å². The summed E-state index contributed by atoms with van der Waals surface area (Å²) in [5.41, 5.74) is 1.78. The number of hydrogen-bond acceptors (Lipinski definition) is 4. The van der Waals surface area contributed by atoms with E-state index in [0.29, 0.717) is 44.5 Å². The highest BCUT2D eigenvalue weighted by atomic mass is 16.3. The van der Waals surface area contributed by atoms with Crippen LogP contribution in [0.5, 0.6) is 0 Å². The molecule has 2 aromatic carbocycles. The molecule has 30 heavy (non-hydrogen) atoms. The molecule has 0 saturated heterocycles. The Labute approximate surface area is 169 Å². The van der Waals surface area contributed by atoms with Crippen LogP contribution in [0.3, 0.4) is 0 Å². The molecule has 1 aliphatic rings. The lowest BCUT2D eigenvalue weighted by molar-refractivity contribution is 0.0879. The van der Waals surface area contributed by atoms with Gasteiger partial charge in [-0.2, -0.15) is 0 Å². The summed E-state index contributed by atoms with van der Waals surface area (Å²) < 4.78 is 7.28. The lowest BCUT2D eigenvalue weighted by atomic mass is 10.0. The Morgan fingerprint density at radius 2 is 1.67 bits per heavy atom. The highest BCUT2D eigenvalue weighted by molar-refractivity contribution is 6.21. The predicted octanol–water partition coefficient (Wildman–Crippen LogP) is 1.55. The van der Waals surface area contributed by atoms with Gasteiger partial charge in [0.05, 0.1) is 27.4 Å². The first-order valence-electron chi connectivity index (χ1n) is 9.18. The minimum absolute atomic E-state index is 0.239. The first-order valence-corrected chi connectivity index (χ1v) is 9.18. The summed E-state index contributed by atoms with van der Waals surface area (Å²) in [4.78, 5) is 36.4. The average Bonchev–Trinajstić information content (AvgIpc) is 3.42. The van der Waals surface area contributed by atoms with Gasteiger partial charge in [-0.25, -0.2) is 4.68 Å². The second-order valence-corrected chi connectivity index (χ2v) is 6.87. The van der Waals surface area contributed by atoms with Crippen molar-refractivity contribution in [2.45, 2.75) is 0 Å². The third-order valence-corrected chi connectivity index (χ3v) is 4.95. The van der Waals surface area contributed by atoms with E-state index in [4.69, 9.17) is 4.42 Å². The fourth-order valence-electron chi connectivity index (χ4n) is 3.45. The van der Waals surface area contributed by atoms with Crippen LogP contribution in [0, 0.1) is 0 Å². The summed E-state index contributed by atoms with van der Waals surface area (Å²) in [6.07, 6.45) is 1.62. The highest BCUT2D eigenvalue weighted by Crippen LogP contribution is 2.26. The molecule has 0 saturated carbocycles. The molecule has 0 unspecified atom stereocenters. The first kappa shape index (κ1) is 17.7. The van der Waals surface area contributed by atoms with E-state index in [9.17, 15) is 14.4 Å². The number of carbonyl (C=O) groups excluding carboxylic acids is 2. The van der Waals surface area contributed by atoms with Crippen molar-refractivity contribution in [3.05, 3.63) is 98.5 Å². The van der Waals surface area contributed by atoms with Gasteiger partial charge in [0.1, 0.15) is 11.5 Å². The quantitative estimate of drug-likeness (QED) is 0.513. The van der Waals surface area contributed by atoms with Gasteiger partial charge in [0.15, 0.2) is 0 Å². The number of para-hydroxylation sites is 1. The van der Waals surface area contributed by atoms with Gasteiger partial charge in [0.25, 0.3) is 17.4 Å². The van der Waals surface area contributed by atoms with Gasteiger partial charge in [0, 0.05) is 5.56 Å². The van der Waals surface area contributed by atoms with Crippen LogP contribution in [-0.2, 0) is 0 Å². The number of H-pyrrole nitrogens is 1. The van der Waals surface area contributed by atoms with E-state index in [-0.39, 0.29) is 5.56 Å². The zero-order valence-corrected chi connectivity index (χ0v) is 15.6. The summed E-state index contributed by atoms with van der Waals surface area (Å²) >= 11 is 0. The Bertz CT molecular complexity index is 1490. The number of aromatic amines is 1. The molecule has 1 aliphatic heterocycles. The molecular formula is C23H15N3O4. The van der Waals surface area contributed by atoms with E-state index in [1.54, 1.807) is 36.4 Å². The third-order valence-electron chi connectivity index (χ3n) is 4.95. The SMILES string of the molecule is C=c1[nH]n(-c2ccccc2)c(=O)/c1=C\c1ccc(-c2ccc3c(c2)C(=O)NC3=O)o1. The molecule has 0 aliphatic carbocycles. The summed E-state index contributed by atoms with van der Waals surface area (Å²) in [7, 11) is 0. The van der Waals surface area contributed by atoms with Crippen LogP contribution in [0.1, 0.15) is 26.5 Å². The maximum atomic E-state index is 12.8. The molecule has 2 amide bonds. The average molecular weight is 397 g/mol. The summed E-state index contributed by atoms with van der Waals surface area (Å²) in [5, 5.41) is 6.09. The standard InChI is InChI=1S/C23H15N3O4/c1-13-18(23(29)26(25-13)15-5-3-2-4-6-15)12-16-8-10-20(30-16)14-7-9-17-19(11-14)22(28)24-21(17)27/h2-12,25H,1H2,(H,24,27,28)/b18-12-. The molecule has 0 radical (unpaired) electrons. The van der Waals surface area contributed by atoms with Crippen LogP contribution in [0.4, 0.5) is 0 Å². The van der Waals surface area contributed by atoms with Gasteiger partial charge in [-0.15, -0.1) is 0 Å². The van der Waals surface area contributed by atoms with Crippen molar-refractivity contribution in [3.63, 3.8) is 0 Å². The number of benzene rings is 2. The van der Waals surface area contributed by atoms with Gasteiger partial charge in [0.2, 0.25) is 0 Å². The molecule has 7 heteroatoms. The van der Waals surface area contributed by atoms with Gasteiger partial charge >= 0.3 is 0 Å². The smallest absolute Gasteiger partial charge is 0.279 e. The molecule has 3 heterocycles. The predicted molar refractivity (Wildman–Crippen MR) is 111 cm³/mol. The third kappa shape index (κ3) is 2.80. The summed E-state index contributed by atoms with van der Waals surface area (Å²) in [6, 6.07) is 17.6. The van der Waals surface area contributed by atoms with E-state index in [1.807, 2.05) is 30.3 Å². The van der Waals surface area contributed by atoms with Crippen molar-refractivity contribution in [2.24, 2.45) is 0 Å². The minimum Gasteiger partial charge on any atom is -0.457 e. The van der Waals surface area contributed by atoms with Crippen LogP contribution >= 0.6 is 0 Å². The molecule has 0 bridgehead atoms. The molecule has 0 fully saturated rings. The number of imide groups is 1. The number of rotatable bonds is 3. The van der Waals surface area contributed by atoms with E-state index in [0.717, 1.165) is 0 Å². The monoisotopic (exact) mass is 397 g/mol. The molecule has 0 spiro atoms. The number of nitrogens with one attached hydrogen (secondary N) is 2. The van der Waals surface area contributed by atoms with Gasteiger partial charge in [-0.3, -0.25) is 24.8 Å². The number of aromatic nitrogens is 2. The minimum atomic E-state index is -0.425. The molecule has 146 valence electrons. The van der Waals surface area contributed by atoms with E-state index in [1.165, 1.54) is 4.68 Å². The molecule has 2 aromatic heterocycles. The van der Waals surface area contributed by atoms with Crippen molar-refractivity contribution in [1.82, 2.24) is 15.1 Å². The lowest BCUT2D eigenvalue weighted by Gasteiger charge is -1.99. The normalized spacial score (nSPS) is 13.5. The van der Waals surface area contributed by atoms with Crippen molar-refractivity contribution in [3.8, 4) is 17.0 Å². The zero-order valence-electron chi connectivity index (χ0n) is 15.6. The Hall–Kier alpha value is -4.39. The number of fused-ring (bicyclic) bond motifs is 1. The van der Waals surface area contributed by atoms with Crippen LogP contribution in [0.15, 0.2) is 69.9 Å². The van der Waals surface area contributed by atoms with Crippen LogP contribution in [0.25, 0.3) is 29.7 Å². The van der Waals surface area contributed by atoms with E-state index >= 15 is 0 Å². The number of carbonyl (C=O) groups is 2. The second-order valence-electron chi connectivity index (χ2n) is 6.87. The second kappa shape index (κ2) is 6.59. The topological polar surface area (TPSA) is 97.1 Å². The maximum absolute atomic E-state index is 12.8. The van der Waals surface area contributed by atoms with Crippen molar-refractivity contribution in [1.29, 1.82) is 0 Å². The largest absolute Gasteiger partial charge is 0.457 e. The molecule has 4 aromatic rings. The maximum Gasteiger partial charge on any atom is 0.279 e. The number of amides is 2. The van der Waals surface area contributed by atoms with E-state index in [2.05, 4.69) is 17.0 Å². The Morgan fingerprint density at radius 3 is 2.47 bits per heavy atom. The molecule has 2 N–H and O–H groups in total. The van der Waals surface area contributed by atoms with E-state index < -0.39 is 11.8 Å². The number of furan rings is 1. The van der Waals surface area contributed by atoms with Crippen molar-refractivity contribution >= 4 is 24.5 Å². The van der Waals surface area contributed by atoms with Crippen LogP contribution < -0.4 is 21.4 Å². The fourth-order valence-corrected chi connectivity index (χ4v) is 3.45. The molecule has 0 atom stereocenters. The zero-order chi connectivity index (χ0) is 20.8. The van der Waals surface area contributed by atoms with Gasteiger partial charge < -0.3 is 4.42 Å². The number of hydrogen-bond donors (Lipinski definition) is 2. The van der Waals surface area contributed by atoms with Gasteiger partial charge in [-0.1, -0.05) is 30.8 Å². The lowest BCUT2D eigenvalue weighted by Crippen LogP contribution is -2.33. The molecule has 5 rings (SSSR count). The van der Waals surface area contributed by atoms with Crippen molar-refractivity contribution < 1.29 is 14.0 Å². The first-order chi connectivity index (χ1) is 14.5. The van der Waals surface area contributed by atoms with Crippen LogP contribution in [0.2, 0.25) is 0 Å². The van der Waals surface area contributed by atoms with Crippen LogP contribution in [-0.4, -0.2) is 21.6 Å². The fraction of sp³-hybridized carbons (Fsp3) is 0. The Kier molecular flexibility index (Phi) is 3.89. The highest BCUT2D eigenvalue weighted by Gasteiger charge is 2.27. The Balaban J connectivity index is 1.54.